The second kappa shape index (κ2) is 5.95. The van der Waals surface area contributed by atoms with E-state index in [1.54, 1.807) is 6.92 Å². The van der Waals surface area contributed by atoms with Crippen LogP contribution in [0.2, 0.25) is 0 Å². The van der Waals surface area contributed by atoms with Gasteiger partial charge >= 0.3 is 0 Å². The normalized spacial score (nSPS) is 16.8. The van der Waals surface area contributed by atoms with Crippen molar-refractivity contribution in [3.63, 3.8) is 0 Å². The molecule has 1 saturated carbocycles. The van der Waals surface area contributed by atoms with E-state index in [0.29, 0.717) is 29.4 Å². The zero-order chi connectivity index (χ0) is 12.1. The van der Waals surface area contributed by atoms with Crippen molar-refractivity contribution in [3.05, 3.63) is 11.7 Å². The third kappa shape index (κ3) is 3.96. The van der Waals surface area contributed by atoms with Gasteiger partial charge < -0.3 is 15.2 Å². The van der Waals surface area contributed by atoms with Gasteiger partial charge in [-0.2, -0.15) is 4.98 Å². The average molecular weight is 254 g/mol. The fraction of sp³-hybridized carbons (Fsp3) is 0.727. The van der Waals surface area contributed by atoms with Crippen molar-refractivity contribution in [2.24, 2.45) is 0 Å². The maximum absolute atomic E-state index is 5.23. The lowest BCUT2D eigenvalue weighted by Crippen LogP contribution is -2.42. The topological polar surface area (TPSA) is 63.0 Å². The Labute approximate surface area is 106 Å². The zero-order valence-corrected chi connectivity index (χ0v) is 10.8. The van der Waals surface area contributed by atoms with Gasteiger partial charge in [-0.25, -0.2) is 0 Å². The van der Waals surface area contributed by atoms with Gasteiger partial charge in [0.2, 0.25) is 5.89 Å². The van der Waals surface area contributed by atoms with E-state index in [-0.39, 0.29) is 0 Å². The van der Waals surface area contributed by atoms with Gasteiger partial charge in [-0.1, -0.05) is 24.4 Å². The van der Waals surface area contributed by atoms with Crippen LogP contribution in [0, 0.1) is 6.92 Å². The molecule has 1 aliphatic rings. The van der Waals surface area contributed by atoms with Crippen LogP contribution in [0.1, 0.15) is 43.8 Å². The largest absolute Gasteiger partial charge is 0.360 e. The summed E-state index contributed by atoms with van der Waals surface area (Å²) in [5.74, 6) is 1.21. The highest BCUT2D eigenvalue weighted by atomic mass is 32.1. The van der Waals surface area contributed by atoms with Crippen LogP contribution in [0.25, 0.3) is 0 Å². The molecule has 0 spiro atoms. The van der Waals surface area contributed by atoms with Gasteiger partial charge in [0.25, 0.3) is 0 Å². The van der Waals surface area contributed by atoms with Crippen LogP contribution in [0.4, 0.5) is 0 Å². The molecule has 1 fully saturated rings. The zero-order valence-electron chi connectivity index (χ0n) is 10.0. The number of hydrogen-bond donors (Lipinski definition) is 2. The van der Waals surface area contributed by atoms with Crippen LogP contribution >= 0.6 is 12.2 Å². The number of nitrogens with zero attached hydrogens (tertiary/aromatic N) is 2. The van der Waals surface area contributed by atoms with Crippen LogP contribution in [-0.2, 0) is 6.54 Å². The summed E-state index contributed by atoms with van der Waals surface area (Å²) >= 11 is 5.23. The molecule has 0 bridgehead atoms. The molecule has 94 valence electrons. The molecule has 2 N–H and O–H groups in total. The van der Waals surface area contributed by atoms with E-state index in [2.05, 4.69) is 20.8 Å². The molecule has 0 amide bonds. The van der Waals surface area contributed by atoms with Gasteiger partial charge in [0.05, 0.1) is 6.54 Å². The molecule has 0 unspecified atom stereocenters. The Morgan fingerprint density at radius 2 is 2.18 bits per heavy atom. The Bertz CT molecular complexity index is 373. The predicted molar refractivity (Wildman–Crippen MR) is 68.5 cm³/mol. The summed E-state index contributed by atoms with van der Waals surface area (Å²) in [4.78, 5) is 4.10. The molecule has 0 aliphatic heterocycles. The van der Waals surface area contributed by atoms with Crippen LogP contribution < -0.4 is 10.6 Å². The first kappa shape index (κ1) is 12.3. The highest BCUT2D eigenvalue weighted by molar-refractivity contribution is 7.80. The van der Waals surface area contributed by atoms with Crippen LogP contribution in [0.3, 0.4) is 0 Å². The minimum Gasteiger partial charge on any atom is -0.360 e. The van der Waals surface area contributed by atoms with Crippen LogP contribution in [0.5, 0.6) is 0 Å². The molecular formula is C11H18N4OS. The lowest BCUT2D eigenvalue weighted by atomic mass is 9.96. The minimum atomic E-state index is 0.510. The van der Waals surface area contributed by atoms with Gasteiger partial charge in [-0.3, -0.25) is 0 Å². The van der Waals surface area contributed by atoms with E-state index < -0.39 is 0 Å². The summed E-state index contributed by atoms with van der Waals surface area (Å²) in [5.41, 5.74) is 0. The van der Waals surface area contributed by atoms with E-state index in [9.17, 15) is 0 Å². The van der Waals surface area contributed by atoms with Gasteiger partial charge in [0, 0.05) is 13.0 Å². The standard InChI is InChI=1S/C11H18N4OS/c1-8-13-10(15-16-8)7-12-11(17)14-9-5-3-2-4-6-9/h9H,2-7H2,1H3,(H2,12,14,17). The van der Waals surface area contributed by atoms with E-state index in [4.69, 9.17) is 16.7 Å². The number of aromatic nitrogens is 2. The molecule has 6 heteroatoms. The molecule has 1 aromatic rings. The highest BCUT2D eigenvalue weighted by Crippen LogP contribution is 2.17. The molecular weight excluding hydrogens is 236 g/mol. The smallest absolute Gasteiger partial charge is 0.223 e. The first-order chi connectivity index (χ1) is 8.24. The number of aryl methyl sites for hydroxylation is 1. The fourth-order valence-corrected chi connectivity index (χ4v) is 2.29. The number of thiocarbonyl (C=S) groups is 1. The van der Waals surface area contributed by atoms with E-state index in [1.165, 1.54) is 32.1 Å². The Morgan fingerprint density at radius 1 is 1.41 bits per heavy atom. The lowest BCUT2D eigenvalue weighted by Gasteiger charge is -2.24. The summed E-state index contributed by atoms with van der Waals surface area (Å²) in [5, 5.41) is 10.9. The minimum absolute atomic E-state index is 0.510. The van der Waals surface area contributed by atoms with Crippen molar-refractivity contribution in [1.82, 2.24) is 20.8 Å². The third-order valence-corrected chi connectivity index (χ3v) is 3.18. The maximum Gasteiger partial charge on any atom is 0.223 e. The van der Waals surface area contributed by atoms with E-state index in [1.807, 2.05) is 0 Å². The van der Waals surface area contributed by atoms with Gasteiger partial charge in [0.15, 0.2) is 10.9 Å². The van der Waals surface area contributed by atoms with Crippen molar-refractivity contribution in [2.75, 3.05) is 0 Å². The summed E-state index contributed by atoms with van der Waals surface area (Å²) < 4.78 is 4.88. The molecule has 0 aromatic carbocycles. The van der Waals surface area contributed by atoms with Crippen LogP contribution in [0.15, 0.2) is 4.52 Å². The van der Waals surface area contributed by atoms with E-state index >= 15 is 0 Å². The summed E-state index contributed by atoms with van der Waals surface area (Å²) in [6, 6.07) is 0.524. The first-order valence-electron chi connectivity index (χ1n) is 6.07. The third-order valence-electron chi connectivity index (χ3n) is 2.92. The van der Waals surface area contributed by atoms with Crippen molar-refractivity contribution in [1.29, 1.82) is 0 Å². The average Bonchev–Trinajstić information content (AvgIpc) is 2.74. The van der Waals surface area contributed by atoms with Crippen LogP contribution in [-0.4, -0.2) is 21.3 Å². The Kier molecular flexibility index (Phi) is 4.30. The molecule has 0 saturated heterocycles. The second-order valence-corrected chi connectivity index (χ2v) is 4.80. The van der Waals surface area contributed by atoms with Gasteiger partial charge in [-0.05, 0) is 25.1 Å². The van der Waals surface area contributed by atoms with Crippen molar-refractivity contribution >= 4 is 17.3 Å². The Balaban J connectivity index is 1.70. The molecule has 0 atom stereocenters. The van der Waals surface area contributed by atoms with Crippen molar-refractivity contribution < 1.29 is 4.52 Å². The predicted octanol–water partition coefficient (Wildman–Crippen LogP) is 1.67. The Hall–Kier alpha value is -1.17. The van der Waals surface area contributed by atoms with E-state index in [0.717, 1.165) is 0 Å². The summed E-state index contributed by atoms with van der Waals surface area (Å²) in [6.07, 6.45) is 6.36. The first-order valence-corrected chi connectivity index (χ1v) is 6.48. The van der Waals surface area contributed by atoms with Gasteiger partial charge in [0.1, 0.15) is 0 Å². The summed E-state index contributed by atoms with van der Waals surface area (Å²) in [6.45, 7) is 2.28. The molecule has 1 aromatic heterocycles. The fourth-order valence-electron chi connectivity index (χ4n) is 2.06. The number of hydrogen-bond acceptors (Lipinski definition) is 4. The number of nitrogens with one attached hydrogen (secondary N) is 2. The SMILES string of the molecule is Cc1nc(CNC(=S)NC2CCCCC2)no1. The molecule has 0 radical (unpaired) electrons. The Morgan fingerprint density at radius 3 is 2.82 bits per heavy atom. The maximum atomic E-state index is 5.23. The number of rotatable bonds is 3. The molecule has 5 nitrogen and oxygen atoms in total. The highest BCUT2D eigenvalue weighted by Gasteiger charge is 2.14. The molecule has 1 aliphatic carbocycles. The summed E-state index contributed by atoms with van der Waals surface area (Å²) in [7, 11) is 0. The quantitative estimate of drug-likeness (QED) is 0.800. The van der Waals surface area contributed by atoms with Crippen molar-refractivity contribution in [3.8, 4) is 0 Å². The second-order valence-electron chi connectivity index (χ2n) is 4.39. The van der Waals surface area contributed by atoms with Gasteiger partial charge in [-0.15, -0.1) is 0 Å². The molecule has 17 heavy (non-hydrogen) atoms. The molecule has 2 rings (SSSR count). The lowest BCUT2D eigenvalue weighted by molar-refractivity contribution is 0.386. The van der Waals surface area contributed by atoms with Crippen molar-refractivity contribution in [2.45, 2.75) is 51.6 Å². The molecule has 1 heterocycles. The monoisotopic (exact) mass is 254 g/mol.